The topological polar surface area (TPSA) is 52.6 Å². The number of rotatable bonds is 3. The fraction of sp³-hybridized carbons (Fsp3) is 0.385. The summed E-state index contributed by atoms with van der Waals surface area (Å²) < 4.78 is 0. The molecule has 96 valence electrons. The van der Waals surface area contributed by atoms with Gasteiger partial charge in [0.2, 0.25) is 6.41 Å². The van der Waals surface area contributed by atoms with Crippen LogP contribution in [-0.2, 0) is 4.79 Å². The van der Waals surface area contributed by atoms with Crippen LogP contribution in [0.2, 0.25) is 0 Å². The number of benzene rings is 1. The van der Waals surface area contributed by atoms with Gasteiger partial charge in [0.15, 0.2) is 0 Å². The summed E-state index contributed by atoms with van der Waals surface area (Å²) in [5.41, 5.74) is 1.26. The van der Waals surface area contributed by atoms with Crippen LogP contribution in [0.1, 0.15) is 10.4 Å². The lowest BCUT2D eigenvalue weighted by molar-refractivity contribution is -0.105. The molecule has 0 unspecified atom stereocenters. The van der Waals surface area contributed by atoms with Gasteiger partial charge in [-0.2, -0.15) is 0 Å². The van der Waals surface area contributed by atoms with E-state index in [0.29, 0.717) is 17.7 Å². The number of nitrogens with zero attached hydrogens (tertiary/aromatic N) is 2. The van der Waals surface area contributed by atoms with Crippen molar-refractivity contribution in [2.24, 2.45) is 0 Å². The van der Waals surface area contributed by atoms with Crippen LogP contribution in [0.15, 0.2) is 24.3 Å². The van der Waals surface area contributed by atoms with E-state index in [1.165, 1.54) is 0 Å². The molecular formula is C13H17N3O2. The molecule has 1 aliphatic rings. The van der Waals surface area contributed by atoms with Crippen LogP contribution in [0.4, 0.5) is 5.69 Å². The Morgan fingerprint density at radius 1 is 1.28 bits per heavy atom. The highest BCUT2D eigenvalue weighted by atomic mass is 16.2. The molecule has 1 heterocycles. The van der Waals surface area contributed by atoms with Gasteiger partial charge in [-0.25, -0.2) is 0 Å². The first-order chi connectivity index (χ1) is 8.70. The number of amides is 2. The second-order valence-electron chi connectivity index (χ2n) is 4.44. The maximum Gasteiger partial charge on any atom is 0.254 e. The maximum atomic E-state index is 12.3. The third-order valence-electron chi connectivity index (χ3n) is 3.13. The molecule has 0 bridgehead atoms. The van der Waals surface area contributed by atoms with Crippen molar-refractivity contribution < 1.29 is 9.59 Å². The predicted octanol–water partition coefficient (Wildman–Crippen LogP) is 0.642. The van der Waals surface area contributed by atoms with Crippen LogP contribution in [0.3, 0.4) is 0 Å². The number of hydrogen-bond donors (Lipinski definition) is 1. The van der Waals surface area contributed by atoms with Gasteiger partial charge < -0.3 is 15.1 Å². The predicted molar refractivity (Wildman–Crippen MR) is 69.5 cm³/mol. The summed E-state index contributed by atoms with van der Waals surface area (Å²) in [5.74, 6) is 0.0256. The van der Waals surface area contributed by atoms with Crippen LogP contribution < -0.4 is 5.32 Å². The molecule has 1 aliphatic heterocycles. The number of likely N-dealkylation sites (N-methyl/N-ethyl adjacent to an activating group) is 1. The normalized spacial score (nSPS) is 16.4. The van der Waals surface area contributed by atoms with Gasteiger partial charge in [-0.3, -0.25) is 9.59 Å². The van der Waals surface area contributed by atoms with E-state index < -0.39 is 0 Å². The average molecular weight is 247 g/mol. The van der Waals surface area contributed by atoms with Crippen molar-refractivity contribution in [2.45, 2.75) is 0 Å². The van der Waals surface area contributed by atoms with Crippen LogP contribution in [0, 0.1) is 0 Å². The maximum absolute atomic E-state index is 12.3. The first-order valence-corrected chi connectivity index (χ1v) is 5.99. The molecule has 5 heteroatoms. The number of carbonyl (C=O) groups excluding carboxylic acids is 2. The molecule has 2 amide bonds. The summed E-state index contributed by atoms with van der Waals surface area (Å²) in [6.07, 6.45) is 0.611. The molecule has 1 aromatic carbocycles. The number of hydrogen-bond acceptors (Lipinski definition) is 3. The van der Waals surface area contributed by atoms with E-state index in [1.54, 1.807) is 24.3 Å². The van der Waals surface area contributed by atoms with E-state index >= 15 is 0 Å². The Morgan fingerprint density at radius 2 is 2.00 bits per heavy atom. The fourth-order valence-corrected chi connectivity index (χ4v) is 2.00. The molecule has 0 saturated carbocycles. The van der Waals surface area contributed by atoms with Gasteiger partial charge in [0.1, 0.15) is 0 Å². The first-order valence-electron chi connectivity index (χ1n) is 5.99. The van der Waals surface area contributed by atoms with Gasteiger partial charge in [0.25, 0.3) is 5.91 Å². The lowest BCUT2D eigenvalue weighted by Crippen LogP contribution is -2.47. The van der Waals surface area contributed by atoms with Crippen LogP contribution >= 0.6 is 0 Å². The third-order valence-corrected chi connectivity index (χ3v) is 3.13. The molecule has 2 rings (SSSR count). The quantitative estimate of drug-likeness (QED) is 0.798. The Morgan fingerprint density at radius 3 is 2.67 bits per heavy atom. The molecule has 0 aliphatic carbocycles. The molecule has 1 N–H and O–H groups in total. The Balaban J connectivity index is 2.08. The van der Waals surface area contributed by atoms with Crippen molar-refractivity contribution in [3.05, 3.63) is 29.8 Å². The van der Waals surface area contributed by atoms with Crippen molar-refractivity contribution in [1.29, 1.82) is 0 Å². The van der Waals surface area contributed by atoms with E-state index in [-0.39, 0.29) is 5.91 Å². The molecule has 0 spiro atoms. The number of nitrogens with one attached hydrogen (secondary N) is 1. The second kappa shape index (κ2) is 5.64. The Kier molecular flexibility index (Phi) is 3.94. The van der Waals surface area contributed by atoms with E-state index in [0.717, 1.165) is 26.2 Å². The van der Waals surface area contributed by atoms with Gasteiger partial charge in [0, 0.05) is 37.4 Å². The molecule has 18 heavy (non-hydrogen) atoms. The second-order valence-corrected chi connectivity index (χ2v) is 4.44. The molecule has 0 radical (unpaired) electrons. The van der Waals surface area contributed by atoms with Crippen molar-refractivity contribution >= 4 is 18.0 Å². The van der Waals surface area contributed by atoms with Crippen LogP contribution in [-0.4, -0.2) is 55.3 Å². The van der Waals surface area contributed by atoms with Crippen molar-refractivity contribution in [3.63, 3.8) is 0 Å². The summed E-state index contributed by atoms with van der Waals surface area (Å²) >= 11 is 0. The summed E-state index contributed by atoms with van der Waals surface area (Å²) in [7, 11) is 2.05. The molecule has 1 saturated heterocycles. The van der Waals surface area contributed by atoms with Gasteiger partial charge in [-0.15, -0.1) is 0 Å². The summed E-state index contributed by atoms with van der Waals surface area (Å²) in [6.45, 7) is 3.30. The lowest BCUT2D eigenvalue weighted by atomic mass is 10.1. The van der Waals surface area contributed by atoms with Gasteiger partial charge >= 0.3 is 0 Å². The Labute approximate surface area is 106 Å². The summed E-state index contributed by atoms with van der Waals surface area (Å²) in [4.78, 5) is 26.7. The SMILES string of the molecule is CN1CCN(C(=O)c2cccc(NC=O)c2)CC1. The average Bonchev–Trinajstić information content (AvgIpc) is 2.39. The van der Waals surface area contributed by atoms with E-state index in [4.69, 9.17) is 0 Å². The molecule has 1 aromatic rings. The van der Waals surface area contributed by atoms with E-state index in [1.807, 2.05) is 4.90 Å². The summed E-state index contributed by atoms with van der Waals surface area (Å²) in [6, 6.07) is 7.01. The number of carbonyl (C=O) groups is 2. The molecule has 5 nitrogen and oxygen atoms in total. The Bertz CT molecular complexity index is 440. The van der Waals surface area contributed by atoms with Crippen molar-refractivity contribution in [3.8, 4) is 0 Å². The van der Waals surface area contributed by atoms with Crippen molar-refractivity contribution in [2.75, 3.05) is 38.5 Å². The van der Waals surface area contributed by atoms with E-state index in [9.17, 15) is 9.59 Å². The molecular weight excluding hydrogens is 230 g/mol. The molecule has 0 atom stereocenters. The zero-order valence-corrected chi connectivity index (χ0v) is 10.4. The molecule has 1 fully saturated rings. The highest BCUT2D eigenvalue weighted by molar-refractivity contribution is 5.95. The largest absolute Gasteiger partial charge is 0.336 e. The highest BCUT2D eigenvalue weighted by Crippen LogP contribution is 2.13. The zero-order valence-electron chi connectivity index (χ0n) is 10.4. The highest BCUT2D eigenvalue weighted by Gasteiger charge is 2.20. The van der Waals surface area contributed by atoms with Gasteiger partial charge in [-0.1, -0.05) is 6.07 Å². The monoisotopic (exact) mass is 247 g/mol. The minimum Gasteiger partial charge on any atom is -0.336 e. The van der Waals surface area contributed by atoms with Crippen LogP contribution in [0.5, 0.6) is 0 Å². The fourth-order valence-electron chi connectivity index (χ4n) is 2.00. The van der Waals surface area contributed by atoms with Gasteiger partial charge in [0.05, 0.1) is 0 Å². The van der Waals surface area contributed by atoms with E-state index in [2.05, 4.69) is 17.3 Å². The minimum atomic E-state index is 0.0256. The lowest BCUT2D eigenvalue weighted by Gasteiger charge is -2.32. The Hall–Kier alpha value is -1.88. The number of anilines is 1. The third kappa shape index (κ3) is 2.87. The smallest absolute Gasteiger partial charge is 0.254 e. The van der Waals surface area contributed by atoms with Gasteiger partial charge in [-0.05, 0) is 25.2 Å². The standard InChI is InChI=1S/C13H17N3O2/c1-15-5-7-16(8-6-15)13(18)11-3-2-4-12(9-11)14-10-17/h2-4,9-10H,5-8H2,1H3,(H,14,17). The number of piperazine rings is 1. The molecule has 0 aromatic heterocycles. The van der Waals surface area contributed by atoms with Crippen LogP contribution in [0.25, 0.3) is 0 Å². The summed E-state index contributed by atoms with van der Waals surface area (Å²) in [5, 5.41) is 2.55. The minimum absolute atomic E-state index is 0.0256. The van der Waals surface area contributed by atoms with Crippen molar-refractivity contribution in [1.82, 2.24) is 9.80 Å². The first kappa shape index (κ1) is 12.6. The zero-order chi connectivity index (χ0) is 13.0.